The fourth-order valence-corrected chi connectivity index (χ4v) is 0.483. The first-order chi connectivity index (χ1) is 3.39. The van der Waals surface area contributed by atoms with Gasteiger partial charge in [-0.2, -0.15) is 35.9 Å². The molecule has 0 atom stereocenters. The quantitative estimate of drug-likeness (QED) is 0.640. The molecular formula is C7H7Ac-. The van der Waals surface area contributed by atoms with Crippen LogP contribution in [0.3, 0.4) is 0 Å². The Morgan fingerprint density at radius 1 is 1.38 bits per heavy atom. The molecule has 0 aromatic heterocycles. The van der Waals surface area contributed by atoms with E-state index >= 15 is 0 Å². The third-order valence-corrected chi connectivity index (χ3v) is 0.865. The Morgan fingerprint density at radius 2 is 2.12 bits per heavy atom. The molecule has 0 unspecified atom stereocenters. The Hall–Kier alpha value is 0.662. The monoisotopic (exact) mass is 318 g/mol. The molecule has 0 heterocycles. The number of hydrogen-bond acceptors (Lipinski definition) is 0. The van der Waals surface area contributed by atoms with E-state index in [0.717, 1.165) is 0 Å². The van der Waals surface area contributed by atoms with Gasteiger partial charge < -0.3 is 0 Å². The van der Waals surface area contributed by atoms with Gasteiger partial charge >= 0.3 is 0 Å². The van der Waals surface area contributed by atoms with Gasteiger partial charge in [0, 0.05) is 44.1 Å². The van der Waals surface area contributed by atoms with E-state index in [9.17, 15) is 0 Å². The summed E-state index contributed by atoms with van der Waals surface area (Å²) in [4.78, 5) is 0. The van der Waals surface area contributed by atoms with Crippen LogP contribution in [0.4, 0.5) is 0 Å². The van der Waals surface area contributed by atoms with Gasteiger partial charge in [0.1, 0.15) is 0 Å². The van der Waals surface area contributed by atoms with Crippen molar-refractivity contribution in [2.75, 3.05) is 0 Å². The van der Waals surface area contributed by atoms with Crippen molar-refractivity contribution in [3.8, 4) is 0 Å². The third kappa shape index (κ3) is 2.85. The van der Waals surface area contributed by atoms with E-state index in [-0.39, 0.29) is 44.1 Å². The van der Waals surface area contributed by atoms with Crippen molar-refractivity contribution in [2.45, 2.75) is 6.92 Å². The average molecular weight is 318 g/mol. The van der Waals surface area contributed by atoms with Gasteiger partial charge in [-0.25, -0.2) is 0 Å². The van der Waals surface area contributed by atoms with Crippen molar-refractivity contribution >= 4 is 0 Å². The standard InChI is InChI=1S/C7H7.Ac/c1-7-5-3-2-4-6-7;/h2-5H,1H3;/q-1;. The summed E-state index contributed by atoms with van der Waals surface area (Å²) in [6.45, 7) is 2.03. The van der Waals surface area contributed by atoms with Crippen molar-refractivity contribution < 1.29 is 44.1 Å². The number of benzene rings is 1. The van der Waals surface area contributed by atoms with E-state index < -0.39 is 0 Å². The van der Waals surface area contributed by atoms with Crippen LogP contribution in [0.2, 0.25) is 0 Å². The minimum Gasteiger partial charge on any atom is -0.181 e. The van der Waals surface area contributed by atoms with E-state index in [2.05, 4.69) is 6.07 Å². The van der Waals surface area contributed by atoms with Gasteiger partial charge in [0.05, 0.1) is 0 Å². The van der Waals surface area contributed by atoms with Crippen molar-refractivity contribution in [3.05, 3.63) is 35.9 Å². The molecule has 0 saturated carbocycles. The average Bonchev–Trinajstić information content (AvgIpc) is 1.69. The Balaban J connectivity index is 0.000000490. The molecule has 39 valence electrons. The largest absolute Gasteiger partial charge is 0.181 e. The van der Waals surface area contributed by atoms with E-state index in [1.54, 1.807) is 0 Å². The minimum absolute atomic E-state index is 0. The summed E-state index contributed by atoms with van der Waals surface area (Å²) in [5.74, 6) is 0. The van der Waals surface area contributed by atoms with Gasteiger partial charge in [-0.1, -0.05) is 6.92 Å². The van der Waals surface area contributed by atoms with Crippen LogP contribution in [0.15, 0.2) is 24.3 Å². The minimum atomic E-state index is 0. The Morgan fingerprint density at radius 3 is 2.38 bits per heavy atom. The van der Waals surface area contributed by atoms with Crippen LogP contribution in [-0.4, -0.2) is 0 Å². The Bertz CT molecular complexity index is 134. The van der Waals surface area contributed by atoms with Gasteiger partial charge in [-0.05, 0) is 0 Å². The van der Waals surface area contributed by atoms with E-state index in [0.29, 0.717) is 0 Å². The van der Waals surface area contributed by atoms with Crippen LogP contribution in [0.25, 0.3) is 0 Å². The van der Waals surface area contributed by atoms with Crippen molar-refractivity contribution in [2.24, 2.45) is 0 Å². The molecule has 1 heteroatoms. The van der Waals surface area contributed by atoms with Gasteiger partial charge in [-0.15, -0.1) is 0 Å². The molecule has 0 aliphatic rings. The predicted molar refractivity (Wildman–Crippen MR) is 30.0 cm³/mol. The smallest absolute Gasteiger partial charge is 0 e. The maximum atomic E-state index is 3.03. The molecule has 0 fully saturated rings. The molecule has 1 rings (SSSR count). The first-order valence-electron chi connectivity index (χ1n) is 2.33. The molecule has 0 saturated heterocycles. The van der Waals surface area contributed by atoms with E-state index in [1.165, 1.54) is 5.56 Å². The molecule has 0 aliphatic heterocycles. The summed E-state index contributed by atoms with van der Waals surface area (Å²) < 4.78 is 0. The summed E-state index contributed by atoms with van der Waals surface area (Å²) in [6.07, 6.45) is 0. The maximum absolute atomic E-state index is 3.03. The Kier molecular flexibility index (Phi) is 4.91. The zero-order chi connectivity index (χ0) is 5.11. The Labute approximate surface area is 85.9 Å². The third-order valence-electron chi connectivity index (χ3n) is 0.865. The molecule has 1 radical (unpaired) electrons. The zero-order valence-corrected chi connectivity index (χ0v) is 9.63. The second-order valence-electron chi connectivity index (χ2n) is 1.55. The summed E-state index contributed by atoms with van der Waals surface area (Å²) >= 11 is 0. The maximum Gasteiger partial charge on any atom is 0 e. The normalized spacial score (nSPS) is 7.62. The van der Waals surface area contributed by atoms with E-state index in [4.69, 9.17) is 0 Å². The SMILES string of the molecule is Cc1[c-]cccc1.[Ac]. The van der Waals surface area contributed by atoms with Crippen LogP contribution in [0, 0.1) is 57.1 Å². The molecular weight excluding hydrogens is 311 g/mol. The summed E-state index contributed by atoms with van der Waals surface area (Å²) in [7, 11) is 0. The van der Waals surface area contributed by atoms with Crippen LogP contribution < -0.4 is 0 Å². The first-order valence-corrected chi connectivity index (χ1v) is 2.33. The van der Waals surface area contributed by atoms with Crippen LogP contribution in [0.1, 0.15) is 5.56 Å². The second kappa shape index (κ2) is 4.53. The predicted octanol–water partition coefficient (Wildman–Crippen LogP) is 1.80. The van der Waals surface area contributed by atoms with Gasteiger partial charge in [0.15, 0.2) is 0 Å². The molecule has 0 aliphatic carbocycles. The topological polar surface area (TPSA) is 0 Å². The number of hydrogen-bond donors (Lipinski definition) is 0. The van der Waals surface area contributed by atoms with Crippen LogP contribution in [0.5, 0.6) is 0 Å². The fourth-order valence-electron chi connectivity index (χ4n) is 0.483. The molecule has 8 heavy (non-hydrogen) atoms. The first kappa shape index (κ1) is 8.66. The fraction of sp³-hybridized carbons (Fsp3) is 0.143. The van der Waals surface area contributed by atoms with Gasteiger partial charge in [0.25, 0.3) is 0 Å². The molecule has 1 aromatic carbocycles. The molecule has 0 nitrogen and oxygen atoms in total. The molecule has 1 aromatic rings. The van der Waals surface area contributed by atoms with Gasteiger partial charge in [0.2, 0.25) is 0 Å². The van der Waals surface area contributed by atoms with Crippen LogP contribution in [-0.2, 0) is 0 Å². The van der Waals surface area contributed by atoms with Crippen molar-refractivity contribution in [1.29, 1.82) is 0 Å². The van der Waals surface area contributed by atoms with Gasteiger partial charge in [-0.3, -0.25) is 0 Å². The molecule has 0 spiro atoms. The summed E-state index contributed by atoms with van der Waals surface area (Å²) in [5.41, 5.74) is 1.20. The number of rotatable bonds is 0. The summed E-state index contributed by atoms with van der Waals surface area (Å²) in [6, 6.07) is 10.9. The van der Waals surface area contributed by atoms with E-state index in [1.807, 2.05) is 31.2 Å². The second-order valence-corrected chi connectivity index (χ2v) is 1.55. The molecule has 0 amide bonds. The van der Waals surface area contributed by atoms with Crippen molar-refractivity contribution in [1.82, 2.24) is 0 Å². The van der Waals surface area contributed by atoms with Crippen LogP contribution >= 0.6 is 0 Å². The molecule has 0 N–H and O–H groups in total. The summed E-state index contributed by atoms with van der Waals surface area (Å²) in [5, 5.41) is 0. The van der Waals surface area contributed by atoms with Crippen molar-refractivity contribution in [3.63, 3.8) is 0 Å². The molecule has 0 bridgehead atoms. The number of aryl methyl sites for hydroxylation is 1. The zero-order valence-electron chi connectivity index (χ0n) is 4.89.